The van der Waals surface area contributed by atoms with Crippen LogP contribution in [0, 0.1) is 0 Å². The van der Waals surface area contributed by atoms with Crippen LogP contribution in [0.3, 0.4) is 0 Å². The number of halogens is 2. The number of carbonyl (C=O) groups is 1. The summed E-state index contributed by atoms with van der Waals surface area (Å²) in [6.07, 6.45) is 3.54. The van der Waals surface area contributed by atoms with Gasteiger partial charge in [0.2, 0.25) is 0 Å². The molecule has 25 heavy (non-hydrogen) atoms. The maximum absolute atomic E-state index is 12.1. The van der Waals surface area contributed by atoms with Gasteiger partial charge in [-0.25, -0.2) is 0 Å². The van der Waals surface area contributed by atoms with Crippen molar-refractivity contribution in [2.24, 2.45) is 0 Å². The van der Waals surface area contributed by atoms with Crippen LogP contribution in [0.15, 0.2) is 62.2 Å². The van der Waals surface area contributed by atoms with Crippen LogP contribution in [0.5, 0.6) is 5.75 Å². The second-order valence-corrected chi connectivity index (χ2v) is 6.93. The van der Waals surface area contributed by atoms with Gasteiger partial charge in [0.25, 0.3) is 5.91 Å². The maximum atomic E-state index is 12.1. The van der Waals surface area contributed by atoms with Crippen molar-refractivity contribution in [3.05, 3.63) is 69.3 Å². The first-order chi connectivity index (χ1) is 12.1. The number of carbonyl (C=O) groups excluding carboxylic acids is 1. The van der Waals surface area contributed by atoms with Crippen LogP contribution in [0.1, 0.15) is 16.3 Å². The smallest absolute Gasteiger partial charge is 0.287 e. The molecule has 3 aromatic rings. The van der Waals surface area contributed by atoms with Crippen molar-refractivity contribution >= 4 is 37.8 Å². The fraction of sp³-hybridized carbons (Fsp3) is 0.176. The Morgan fingerprint density at radius 2 is 2.08 bits per heavy atom. The summed E-state index contributed by atoms with van der Waals surface area (Å²) >= 11 is 6.75. The number of benzene rings is 1. The van der Waals surface area contributed by atoms with Gasteiger partial charge in [-0.3, -0.25) is 9.48 Å². The number of hydrogen-bond acceptors (Lipinski definition) is 4. The molecule has 0 saturated heterocycles. The minimum Gasteiger partial charge on any atom is -0.484 e. The Morgan fingerprint density at radius 1 is 1.24 bits per heavy atom. The third kappa shape index (κ3) is 4.96. The molecule has 3 rings (SSSR count). The fourth-order valence-corrected chi connectivity index (χ4v) is 2.85. The molecule has 2 heterocycles. The first-order valence-electron chi connectivity index (χ1n) is 7.54. The summed E-state index contributed by atoms with van der Waals surface area (Å²) in [5.41, 5.74) is 0. The lowest BCUT2D eigenvalue weighted by Crippen LogP contribution is -2.27. The molecule has 130 valence electrons. The van der Waals surface area contributed by atoms with Gasteiger partial charge in [-0.1, -0.05) is 12.1 Å². The first-order valence-corrected chi connectivity index (χ1v) is 9.12. The number of furan rings is 1. The normalized spacial score (nSPS) is 10.6. The molecule has 0 aliphatic rings. The van der Waals surface area contributed by atoms with Crippen molar-refractivity contribution in [3.63, 3.8) is 0 Å². The Bertz CT molecular complexity index is 860. The van der Waals surface area contributed by atoms with Gasteiger partial charge in [-0.15, -0.1) is 0 Å². The third-order valence-electron chi connectivity index (χ3n) is 3.32. The van der Waals surface area contributed by atoms with Gasteiger partial charge in [0.05, 0.1) is 21.7 Å². The lowest BCUT2D eigenvalue weighted by molar-refractivity contribution is 0.0920. The number of hydrogen-bond donors (Lipinski definition) is 1. The van der Waals surface area contributed by atoms with E-state index in [4.69, 9.17) is 9.15 Å². The molecule has 0 bridgehead atoms. The van der Waals surface area contributed by atoms with E-state index in [-0.39, 0.29) is 18.3 Å². The highest BCUT2D eigenvalue weighted by atomic mass is 79.9. The van der Waals surface area contributed by atoms with Crippen molar-refractivity contribution in [1.82, 2.24) is 15.1 Å². The summed E-state index contributed by atoms with van der Waals surface area (Å²) in [7, 11) is 0. The molecule has 6 nitrogen and oxygen atoms in total. The average molecular weight is 469 g/mol. The molecule has 2 aromatic heterocycles. The van der Waals surface area contributed by atoms with Crippen LogP contribution in [-0.2, 0) is 13.2 Å². The maximum Gasteiger partial charge on any atom is 0.287 e. The van der Waals surface area contributed by atoms with E-state index in [0.717, 1.165) is 14.7 Å². The predicted octanol–water partition coefficient (Wildman–Crippen LogP) is 4.01. The summed E-state index contributed by atoms with van der Waals surface area (Å²) in [6.45, 7) is 1.28. The van der Waals surface area contributed by atoms with Crippen molar-refractivity contribution < 1.29 is 13.9 Å². The standard InChI is InChI=1S/C17H15Br2N3O3/c18-12-9-21-22(10-12)8-7-20-17(23)16-6-5-13(25-16)11-24-15-4-2-1-3-14(15)19/h1-6,9-10H,7-8,11H2,(H,20,23). The summed E-state index contributed by atoms with van der Waals surface area (Å²) < 4.78 is 14.7. The van der Waals surface area contributed by atoms with Crippen LogP contribution in [0.25, 0.3) is 0 Å². The van der Waals surface area contributed by atoms with Gasteiger partial charge in [-0.05, 0) is 56.1 Å². The second-order valence-electron chi connectivity index (χ2n) is 5.16. The molecule has 0 aliphatic carbocycles. The van der Waals surface area contributed by atoms with E-state index in [1.807, 2.05) is 30.5 Å². The highest BCUT2D eigenvalue weighted by molar-refractivity contribution is 9.10. The van der Waals surface area contributed by atoms with Crippen LogP contribution >= 0.6 is 31.9 Å². The summed E-state index contributed by atoms with van der Waals surface area (Å²) in [4.78, 5) is 12.1. The molecule has 0 fully saturated rings. The number of amides is 1. The van der Waals surface area contributed by atoms with Gasteiger partial charge in [-0.2, -0.15) is 5.10 Å². The topological polar surface area (TPSA) is 69.3 Å². The number of rotatable bonds is 7. The number of ether oxygens (including phenoxy) is 1. The monoisotopic (exact) mass is 467 g/mol. The zero-order valence-corrected chi connectivity index (χ0v) is 16.3. The van der Waals surface area contributed by atoms with E-state index in [2.05, 4.69) is 42.3 Å². The molecule has 1 amide bonds. The van der Waals surface area contributed by atoms with Gasteiger partial charge in [0, 0.05) is 12.7 Å². The zero-order valence-electron chi connectivity index (χ0n) is 13.1. The van der Waals surface area contributed by atoms with Crippen LogP contribution in [-0.4, -0.2) is 22.2 Å². The minimum atomic E-state index is -0.265. The molecule has 8 heteroatoms. The Labute approximate surface area is 161 Å². The highest BCUT2D eigenvalue weighted by Crippen LogP contribution is 2.24. The van der Waals surface area contributed by atoms with Gasteiger partial charge < -0.3 is 14.5 Å². The highest BCUT2D eigenvalue weighted by Gasteiger charge is 2.11. The Balaban J connectivity index is 1.48. The van der Waals surface area contributed by atoms with E-state index >= 15 is 0 Å². The molecular formula is C17H15Br2N3O3. The molecule has 1 N–H and O–H groups in total. The van der Waals surface area contributed by atoms with E-state index in [0.29, 0.717) is 18.8 Å². The van der Waals surface area contributed by atoms with Gasteiger partial charge in [0.15, 0.2) is 5.76 Å². The number of para-hydroxylation sites is 1. The van der Waals surface area contributed by atoms with Gasteiger partial charge in [0.1, 0.15) is 18.1 Å². The van der Waals surface area contributed by atoms with Crippen molar-refractivity contribution in [3.8, 4) is 5.75 Å². The lowest BCUT2D eigenvalue weighted by atomic mass is 10.3. The minimum absolute atomic E-state index is 0.247. The van der Waals surface area contributed by atoms with Crippen molar-refractivity contribution in [1.29, 1.82) is 0 Å². The SMILES string of the molecule is O=C(NCCn1cc(Br)cn1)c1ccc(COc2ccccc2Br)o1. The molecule has 0 spiro atoms. The largest absolute Gasteiger partial charge is 0.484 e. The summed E-state index contributed by atoms with van der Waals surface area (Å²) in [5.74, 6) is 1.29. The number of nitrogens with one attached hydrogen (secondary N) is 1. The second kappa shape index (κ2) is 8.35. The predicted molar refractivity (Wildman–Crippen MR) is 99.4 cm³/mol. The van der Waals surface area contributed by atoms with E-state index in [9.17, 15) is 4.79 Å². The summed E-state index contributed by atoms with van der Waals surface area (Å²) in [5, 5.41) is 6.92. The lowest BCUT2D eigenvalue weighted by Gasteiger charge is -2.06. The van der Waals surface area contributed by atoms with Crippen LogP contribution in [0.2, 0.25) is 0 Å². The van der Waals surface area contributed by atoms with E-state index in [1.54, 1.807) is 23.0 Å². The first kappa shape index (κ1) is 17.8. The average Bonchev–Trinajstić information content (AvgIpc) is 3.23. The molecule has 0 atom stereocenters. The van der Waals surface area contributed by atoms with Crippen LogP contribution in [0.4, 0.5) is 0 Å². The fourth-order valence-electron chi connectivity index (χ4n) is 2.12. The van der Waals surface area contributed by atoms with Crippen LogP contribution < -0.4 is 10.1 Å². The quantitative estimate of drug-likeness (QED) is 0.568. The molecule has 0 radical (unpaired) electrons. The Kier molecular flexibility index (Phi) is 5.93. The van der Waals surface area contributed by atoms with Gasteiger partial charge >= 0.3 is 0 Å². The number of aromatic nitrogens is 2. The molecule has 0 aliphatic heterocycles. The molecule has 1 aromatic carbocycles. The van der Waals surface area contributed by atoms with Crippen molar-refractivity contribution in [2.45, 2.75) is 13.2 Å². The molecule has 0 unspecified atom stereocenters. The van der Waals surface area contributed by atoms with Crippen molar-refractivity contribution in [2.75, 3.05) is 6.54 Å². The zero-order chi connectivity index (χ0) is 17.6. The molecule has 0 saturated carbocycles. The molecular weight excluding hydrogens is 454 g/mol. The Hall–Kier alpha value is -2.06. The number of nitrogens with zero attached hydrogens (tertiary/aromatic N) is 2. The van der Waals surface area contributed by atoms with E-state index in [1.165, 1.54) is 0 Å². The third-order valence-corrected chi connectivity index (χ3v) is 4.38. The van der Waals surface area contributed by atoms with E-state index < -0.39 is 0 Å². The Morgan fingerprint density at radius 3 is 2.84 bits per heavy atom. The summed E-state index contributed by atoms with van der Waals surface area (Å²) in [6, 6.07) is 10.9.